The Labute approximate surface area is 439 Å². The van der Waals surface area contributed by atoms with Crippen molar-refractivity contribution in [3.63, 3.8) is 0 Å². The summed E-state index contributed by atoms with van der Waals surface area (Å²) in [5.41, 5.74) is -2.05. The molecule has 1 aliphatic heterocycles. The molecule has 3 aromatic heterocycles. The SMILES string of the molecule is CC(C)(C)OC(=O)n1nccc1-n1nnn(CC(=O)[C@H]2CC[C@H]3[C@@H]4CC[C@@H]5C[C@](C)(O)CC[C@@H]5[C@H]4CC[C@]23C)c1=O.C[C@@]1(O)CC[C@H]2[C@H](CC[C@@H]3[C@@H]2CC[C@]2(C)[C@@H](C(=O)Cn4nnn(C5=CC=NC5)c4=O)CC[C@@H]32)C1. The molecule has 2 N–H and O–H groups in total. The van der Waals surface area contributed by atoms with E-state index in [1.165, 1.54) is 53.7 Å². The third-order valence-corrected chi connectivity index (χ3v) is 21.4. The molecule has 9 aliphatic rings. The molecule has 19 heteroatoms. The highest BCUT2D eigenvalue weighted by molar-refractivity contribution is 5.84. The number of ketones is 2. The Morgan fingerprint density at radius 2 is 1.12 bits per heavy atom. The standard InChI is InChI=1S/C30H44N6O5.C26H37N5O3/c1-28(2,3)41-27(39)36-25(12-15-31-36)35-26(38)34(32-33-35)17-24(37)23-9-8-22-21-7-6-18-16-29(4,40)13-10-19(18)20(21)11-14-30(22,23)5;1-25(34)10-7-18-16(13-25)3-4-20-19(18)8-11-26(2)21(20)5-6-22(26)23(32)15-30-24(33)31(29-28-30)17-9-12-27-14-17/h12,15,18-23,40H,6-11,13-14,16-17H2,1-5H3;9,12,16,18-22,34H,3-8,10-11,13-15H2,1-2H3/t18-,19+,20-,21-,22+,23-,29-,30+;16-,18+,19-,20-,21+,22-,25-,26+/m11/s1. The van der Waals surface area contributed by atoms with Gasteiger partial charge in [-0.1, -0.05) is 13.8 Å². The van der Waals surface area contributed by atoms with Crippen LogP contribution in [0.3, 0.4) is 0 Å². The molecule has 8 fully saturated rings. The average Bonchev–Trinajstić information content (AvgIpc) is 4.22. The summed E-state index contributed by atoms with van der Waals surface area (Å²) in [6, 6.07) is 1.48. The van der Waals surface area contributed by atoms with Crippen molar-refractivity contribution < 1.29 is 29.3 Å². The lowest BCUT2D eigenvalue weighted by molar-refractivity contribution is -0.133. The van der Waals surface area contributed by atoms with Gasteiger partial charge in [0.1, 0.15) is 18.7 Å². The van der Waals surface area contributed by atoms with Crippen LogP contribution in [0.4, 0.5) is 4.79 Å². The number of carbonyl (C=O) groups is 3. The number of nitrogens with zero attached hydrogens (tertiary/aromatic N) is 11. The monoisotopic (exact) mass is 1040 g/mol. The number of aliphatic imine (C=N–C) groups is 1. The Balaban J connectivity index is 0.000000163. The van der Waals surface area contributed by atoms with E-state index in [-0.39, 0.29) is 58.8 Å². The summed E-state index contributed by atoms with van der Waals surface area (Å²) in [5.74, 6) is 6.84. The van der Waals surface area contributed by atoms with Crippen molar-refractivity contribution >= 4 is 29.6 Å². The molecule has 4 heterocycles. The topological polar surface area (TPSA) is 236 Å². The van der Waals surface area contributed by atoms with E-state index in [0.29, 0.717) is 59.6 Å². The Hall–Kier alpha value is -4.91. The maximum Gasteiger partial charge on any atom is 0.437 e. The largest absolute Gasteiger partial charge is 0.442 e. The van der Waals surface area contributed by atoms with Crippen LogP contribution in [0.1, 0.15) is 164 Å². The highest BCUT2D eigenvalue weighted by Gasteiger charge is 2.60. The van der Waals surface area contributed by atoms with Gasteiger partial charge < -0.3 is 14.9 Å². The lowest BCUT2D eigenvalue weighted by atomic mass is 9.49. The summed E-state index contributed by atoms with van der Waals surface area (Å²) in [4.78, 5) is 70.0. The molecule has 12 rings (SSSR count). The zero-order valence-electron chi connectivity index (χ0n) is 45.4. The quantitative estimate of drug-likeness (QED) is 0.233. The van der Waals surface area contributed by atoms with Gasteiger partial charge in [0.05, 0.1) is 29.6 Å². The minimum absolute atomic E-state index is 0.00524. The molecule has 0 radical (unpaired) electrons. The predicted molar refractivity (Wildman–Crippen MR) is 277 cm³/mol. The van der Waals surface area contributed by atoms with Crippen molar-refractivity contribution in [3.05, 3.63) is 39.3 Å². The van der Waals surface area contributed by atoms with Crippen LogP contribution in [0, 0.1) is 81.8 Å². The van der Waals surface area contributed by atoms with Crippen LogP contribution in [0.15, 0.2) is 32.9 Å². The number of rotatable bonds is 8. The smallest absolute Gasteiger partial charge is 0.437 e. The van der Waals surface area contributed by atoms with Gasteiger partial charge in [0.25, 0.3) is 0 Å². The first-order valence-electron chi connectivity index (χ1n) is 28.6. The average molecular weight is 1040 g/mol. The second-order valence-corrected chi connectivity index (χ2v) is 27.0. The lowest BCUT2D eigenvalue weighted by Crippen LogP contribution is -2.51. The van der Waals surface area contributed by atoms with E-state index >= 15 is 0 Å². The van der Waals surface area contributed by atoms with Gasteiger partial charge in [-0.3, -0.25) is 14.6 Å². The number of fused-ring (bicyclic) bond motifs is 10. The van der Waals surface area contributed by atoms with E-state index in [2.05, 4.69) is 44.8 Å². The lowest BCUT2D eigenvalue weighted by Gasteiger charge is -2.56. The zero-order chi connectivity index (χ0) is 53.0. The number of Topliss-reactive ketones (excluding diaryl/α,β-unsaturated/α-hetero) is 2. The van der Waals surface area contributed by atoms with Gasteiger partial charge in [0.2, 0.25) is 0 Å². The molecular formula is C56H81N11O8. The van der Waals surface area contributed by atoms with Crippen LogP contribution in [0.5, 0.6) is 0 Å². The van der Waals surface area contributed by atoms with Gasteiger partial charge in [0, 0.05) is 24.1 Å². The van der Waals surface area contributed by atoms with Crippen LogP contribution in [-0.2, 0) is 27.4 Å². The highest BCUT2D eigenvalue weighted by Crippen LogP contribution is 2.66. The molecule has 8 aliphatic carbocycles. The van der Waals surface area contributed by atoms with Gasteiger partial charge >= 0.3 is 17.5 Å². The van der Waals surface area contributed by atoms with Gasteiger partial charge in [-0.05, 0) is 247 Å². The maximum absolute atomic E-state index is 13.8. The van der Waals surface area contributed by atoms with E-state index in [4.69, 9.17) is 4.74 Å². The first-order chi connectivity index (χ1) is 35.5. The fourth-order valence-corrected chi connectivity index (χ4v) is 18.2. The normalized spacial score (nSPS) is 39.7. The van der Waals surface area contributed by atoms with E-state index in [1.807, 2.05) is 13.8 Å². The molecule has 16 atom stereocenters. The first-order valence-corrected chi connectivity index (χ1v) is 28.6. The number of hydrogen-bond donors (Lipinski definition) is 2. The third-order valence-electron chi connectivity index (χ3n) is 21.4. The fraction of sp³-hybridized carbons (Fsp3) is 0.804. The summed E-state index contributed by atoms with van der Waals surface area (Å²) in [7, 11) is 0. The van der Waals surface area contributed by atoms with Crippen LogP contribution in [0.2, 0.25) is 0 Å². The summed E-state index contributed by atoms with van der Waals surface area (Å²) in [6.07, 6.45) is 23.3. The summed E-state index contributed by atoms with van der Waals surface area (Å²) >= 11 is 0. The summed E-state index contributed by atoms with van der Waals surface area (Å²) in [6.45, 7) is 14.2. The van der Waals surface area contributed by atoms with E-state index < -0.39 is 28.6 Å². The molecule has 0 spiro atoms. The molecule has 0 unspecified atom stereocenters. The molecular weight excluding hydrogens is 955 g/mol. The molecule has 75 heavy (non-hydrogen) atoms. The Morgan fingerprint density at radius 3 is 1.61 bits per heavy atom. The van der Waals surface area contributed by atoms with E-state index in [0.717, 1.165) is 109 Å². The summed E-state index contributed by atoms with van der Waals surface area (Å²) < 4.78 is 10.9. The van der Waals surface area contributed by atoms with Gasteiger partial charge in [-0.15, -0.1) is 9.36 Å². The minimum Gasteiger partial charge on any atom is -0.442 e. The number of carbonyl (C=O) groups excluding carboxylic acids is 3. The van der Waals surface area contributed by atoms with E-state index in [9.17, 15) is 34.2 Å². The maximum atomic E-state index is 13.8. The second kappa shape index (κ2) is 19.2. The number of aromatic nitrogens is 10. The fourth-order valence-electron chi connectivity index (χ4n) is 18.2. The van der Waals surface area contributed by atoms with Crippen LogP contribution < -0.4 is 11.4 Å². The van der Waals surface area contributed by atoms with Crippen molar-refractivity contribution in [1.82, 2.24) is 49.4 Å². The number of hydrogen-bond acceptors (Lipinski definition) is 14. The van der Waals surface area contributed by atoms with Crippen molar-refractivity contribution in [1.29, 1.82) is 0 Å². The van der Waals surface area contributed by atoms with Crippen molar-refractivity contribution in [3.8, 4) is 5.82 Å². The zero-order valence-corrected chi connectivity index (χ0v) is 45.4. The molecule has 0 saturated heterocycles. The first kappa shape index (κ1) is 52.2. The number of tetrazole rings is 2. The van der Waals surface area contributed by atoms with Gasteiger partial charge in [-0.2, -0.15) is 19.1 Å². The highest BCUT2D eigenvalue weighted by atomic mass is 16.6. The number of ether oxygens (including phenoxy) is 1. The van der Waals surface area contributed by atoms with Crippen molar-refractivity contribution in [2.24, 2.45) is 86.8 Å². The Bertz CT molecular complexity index is 2860. The van der Waals surface area contributed by atoms with Crippen LogP contribution in [0.25, 0.3) is 11.5 Å². The third kappa shape index (κ3) is 9.48. The predicted octanol–water partition coefficient (Wildman–Crippen LogP) is 6.95. The molecule has 0 bridgehead atoms. The molecule has 0 aromatic carbocycles. The molecule has 8 saturated carbocycles. The van der Waals surface area contributed by atoms with Crippen molar-refractivity contribution in [2.75, 3.05) is 6.54 Å². The number of allylic oxidation sites excluding steroid dienone is 1. The Kier molecular flexibility index (Phi) is 13.4. The molecule has 0 amide bonds. The molecule has 408 valence electrons. The Morgan fingerprint density at radius 1 is 0.627 bits per heavy atom. The van der Waals surface area contributed by atoms with Crippen LogP contribution >= 0.6 is 0 Å². The molecule has 19 nitrogen and oxygen atoms in total. The van der Waals surface area contributed by atoms with Gasteiger partial charge in [-0.25, -0.2) is 14.4 Å². The van der Waals surface area contributed by atoms with Gasteiger partial charge in [0.15, 0.2) is 17.4 Å². The van der Waals surface area contributed by atoms with Crippen molar-refractivity contribution in [2.45, 2.75) is 194 Å². The minimum atomic E-state index is -0.736. The second-order valence-electron chi connectivity index (χ2n) is 27.0. The molecule has 3 aromatic rings. The van der Waals surface area contributed by atoms with Crippen LogP contribution in [-0.4, -0.2) is 107 Å². The van der Waals surface area contributed by atoms with E-state index in [1.54, 1.807) is 33.1 Å². The summed E-state index contributed by atoms with van der Waals surface area (Å²) in [5, 5.41) is 41.2. The number of aliphatic hydroxyl groups is 2.